The quantitative estimate of drug-likeness (QED) is 0.235. The number of ether oxygens (including phenoxy) is 2. The summed E-state index contributed by atoms with van der Waals surface area (Å²) in [5.74, 6) is -1.85. The largest absolute Gasteiger partial charge is 0.507 e. The molecule has 1 unspecified atom stereocenters. The van der Waals surface area contributed by atoms with Gasteiger partial charge in [-0.3, -0.25) is 19.5 Å². The van der Waals surface area contributed by atoms with Crippen LogP contribution in [0.2, 0.25) is 0 Å². The van der Waals surface area contributed by atoms with Gasteiger partial charge >= 0.3 is 5.97 Å². The highest BCUT2D eigenvalue weighted by molar-refractivity contribution is 6.51. The standard InChI is InChI=1S/C29H27N3O6/c1-17(2)38-29(36)19-6-4-8-21(14-19)32-25(20-7-5-11-30-16-20)24(27(34)28(32)35)26(33)18-9-10-23-22(15-18)31(3)12-13-37-23/h4-11,14-17,25,33H,12-13H2,1-3H3/b26-24-. The smallest absolute Gasteiger partial charge is 0.338 e. The Bertz CT molecular complexity index is 1450. The van der Waals surface area contributed by atoms with Crippen molar-refractivity contribution in [2.24, 2.45) is 0 Å². The van der Waals surface area contributed by atoms with Crippen molar-refractivity contribution in [3.8, 4) is 5.75 Å². The number of hydrogen-bond acceptors (Lipinski definition) is 8. The Morgan fingerprint density at radius 1 is 1.11 bits per heavy atom. The molecule has 0 saturated carbocycles. The van der Waals surface area contributed by atoms with E-state index in [1.165, 1.54) is 11.0 Å². The summed E-state index contributed by atoms with van der Waals surface area (Å²) in [6.07, 6.45) is 2.80. The average Bonchev–Trinajstić information content (AvgIpc) is 3.18. The van der Waals surface area contributed by atoms with Crippen molar-refractivity contribution in [3.05, 3.63) is 89.3 Å². The van der Waals surface area contributed by atoms with Gasteiger partial charge in [-0.2, -0.15) is 0 Å². The molecule has 9 heteroatoms. The molecule has 1 N–H and O–H groups in total. The number of nitrogens with zero attached hydrogens (tertiary/aromatic N) is 3. The minimum Gasteiger partial charge on any atom is -0.507 e. The normalized spacial score (nSPS) is 18.4. The summed E-state index contributed by atoms with van der Waals surface area (Å²) in [4.78, 5) is 46.9. The van der Waals surface area contributed by atoms with Crippen molar-refractivity contribution in [3.63, 3.8) is 0 Å². The number of carbonyl (C=O) groups excluding carboxylic acids is 3. The van der Waals surface area contributed by atoms with Gasteiger partial charge in [-0.05, 0) is 61.9 Å². The van der Waals surface area contributed by atoms with E-state index in [4.69, 9.17) is 9.47 Å². The lowest BCUT2D eigenvalue weighted by atomic mass is 9.95. The van der Waals surface area contributed by atoms with Crippen molar-refractivity contribution in [2.45, 2.75) is 26.0 Å². The highest BCUT2D eigenvalue weighted by atomic mass is 16.5. The van der Waals surface area contributed by atoms with E-state index in [0.717, 1.165) is 5.69 Å². The van der Waals surface area contributed by atoms with Crippen molar-refractivity contribution >= 4 is 34.8 Å². The van der Waals surface area contributed by atoms with Gasteiger partial charge in [-0.1, -0.05) is 12.1 Å². The molecule has 0 bridgehead atoms. The fraction of sp³-hybridized carbons (Fsp3) is 0.241. The van der Waals surface area contributed by atoms with Crippen molar-refractivity contribution < 1.29 is 29.0 Å². The van der Waals surface area contributed by atoms with Gasteiger partial charge in [0.2, 0.25) is 0 Å². The highest BCUT2D eigenvalue weighted by Gasteiger charge is 2.47. The Balaban J connectivity index is 1.64. The van der Waals surface area contributed by atoms with E-state index in [2.05, 4.69) is 4.98 Å². The van der Waals surface area contributed by atoms with Gasteiger partial charge in [-0.15, -0.1) is 0 Å². The van der Waals surface area contributed by atoms with E-state index in [9.17, 15) is 19.5 Å². The SMILES string of the molecule is CC(C)OC(=O)c1cccc(N2C(=O)C(=O)/C(=C(\O)c3ccc4c(c3)N(C)CCO4)C2c2cccnc2)c1. The molecule has 5 rings (SSSR count). The number of rotatable bonds is 5. The monoisotopic (exact) mass is 513 g/mol. The zero-order valence-corrected chi connectivity index (χ0v) is 21.2. The maximum atomic E-state index is 13.4. The van der Waals surface area contributed by atoms with Crippen LogP contribution in [-0.4, -0.2) is 54.1 Å². The number of esters is 1. The van der Waals surface area contributed by atoms with Crippen LogP contribution in [0.5, 0.6) is 5.75 Å². The van der Waals surface area contributed by atoms with E-state index in [-0.39, 0.29) is 23.0 Å². The van der Waals surface area contributed by atoms with E-state index >= 15 is 0 Å². The second-order valence-electron chi connectivity index (χ2n) is 9.41. The van der Waals surface area contributed by atoms with Crippen LogP contribution in [0.15, 0.2) is 72.6 Å². The van der Waals surface area contributed by atoms with Crippen LogP contribution < -0.4 is 14.5 Å². The summed E-state index contributed by atoms with van der Waals surface area (Å²) in [5.41, 5.74) is 2.16. The number of anilines is 2. The van der Waals surface area contributed by atoms with Crippen LogP contribution in [0.25, 0.3) is 5.76 Å². The molecule has 1 atom stereocenters. The second kappa shape index (κ2) is 10.0. The van der Waals surface area contributed by atoms with Crippen LogP contribution >= 0.6 is 0 Å². The van der Waals surface area contributed by atoms with E-state index < -0.39 is 23.7 Å². The molecule has 0 aliphatic carbocycles. The summed E-state index contributed by atoms with van der Waals surface area (Å²) < 4.78 is 11.0. The van der Waals surface area contributed by atoms with E-state index in [1.807, 2.05) is 11.9 Å². The Labute approximate surface area is 219 Å². The van der Waals surface area contributed by atoms with Gasteiger partial charge in [0.15, 0.2) is 0 Å². The molecule has 0 radical (unpaired) electrons. The number of pyridine rings is 1. The fourth-order valence-corrected chi connectivity index (χ4v) is 4.67. The van der Waals surface area contributed by atoms with Gasteiger partial charge in [0.25, 0.3) is 11.7 Å². The zero-order valence-electron chi connectivity index (χ0n) is 21.2. The number of hydrogen-bond donors (Lipinski definition) is 1. The van der Waals surface area contributed by atoms with Gasteiger partial charge < -0.3 is 19.5 Å². The third kappa shape index (κ3) is 4.47. The van der Waals surface area contributed by atoms with Crippen molar-refractivity contribution in [2.75, 3.05) is 30.0 Å². The molecule has 3 aromatic rings. The number of aliphatic hydroxyl groups is 1. The molecule has 1 fully saturated rings. The summed E-state index contributed by atoms with van der Waals surface area (Å²) >= 11 is 0. The van der Waals surface area contributed by atoms with Crippen molar-refractivity contribution in [1.82, 2.24) is 4.98 Å². The zero-order chi connectivity index (χ0) is 27.0. The Morgan fingerprint density at radius 3 is 2.66 bits per heavy atom. The molecule has 194 valence electrons. The van der Waals surface area contributed by atoms with Gasteiger partial charge in [0.05, 0.1) is 35.5 Å². The minimum absolute atomic E-state index is 0.0718. The van der Waals surface area contributed by atoms with Crippen LogP contribution in [0.3, 0.4) is 0 Å². The van der Waals surface area contributed by atoms with E-state index in [1.54, 1.807) is 74.8 Å². The Kier molecular flexibility index (Phi) is 6.59. The summed E-state index contributed by atoms with van der Waals surface area (Å²) in [7, 11) is 1.91. The maximum Gasteiger partial charge on any atom is 0.338 e. The Hall–Kier alpha value is -4.66. The Morgan fingerprint density at radius 2 is 1.92 bits per heavy atom. The first kappa shape index (κ1) is 25.0. The number of amides is 1. The lowest BCUT2D eigenvalue weighted by molar-refractivity contribution is -0.132. The number of aliphatic hydroxyl groups excluding tert-OH is 1. The fourth-order valence-electron chi connectivity index (χ4n) is 4.67. The molecule has 2 aromatic carbocycles. The summed E-state index contributed by atoms with van der Waals surface area (Å²) in [5, 5.41) is 11.5. The third-order valence-electron chi connectivity index (χ3n) is 6.48. The van der Waals surface area contributed by atoms with Crippen LogP contribution in [0.1, 0.15) is 41.4 Å². The number of ketones is 1. The minimum atomic E-state index is -0.968. The lowest BCUT2D eigenvalue weighted by Crippen LogP contribution is -2.29. The lowest BCUT2D eigenvalue weighted by Gasteiger charge is -2.28. The molecule has 2 aliphatic rings. The number of Topliss-reactive ketones (excluding diaryl/α,β-unsaturated/α-hetero) is 1. The first-order valence-electron chi connectivity index (χ1n) is 12.3. The molecule has 0 spiro atoms. The van der Waals surface area contributed by atoms with Gasteiger partial charge in [-0.25, -0.2) is 4.79 Å². The molecule has 1 aromatic heterocycles. The van der Waals surface area contributed by atoms with Gasteiger partial charge in [0, 0.05) is 30.7 Å². The van der Waals surface area contributed by atoms with Crippen LogP contribution in [-0.2, 0) is 14.3 Å². The highest BCUT2D eigenvalue weighted by Crippen LogP contribution is 2.43. The van der Waals surface area contributed by atoms with E-state index in [0.29, 0.717) is 35.7 Å². The van der Waals surface area contributed by atoms with Crippen molar-refractivity contribution in [1.29, 1.82) is 0 Å². The second-order valence-corrected chi connectivity index (χ2v) is 9.41. The molecule has 3 heterocycles. The average molecular weight is 514 g/mol. The summed E-state index contributed by atoms with van der Waals surface area (Å²) in [6.45, 7) is 4.71. The number of likely N-dealkylation sites (N-methyl/N-ethyl adjacent to an activating group) is 1. The first-order valence-corrected chi connectivity index (χ1v) is 12.3. The maximum absolute atomic E-state index is 13.4. The predicted molar refractivity (Wildman–Crippen MR) is 141 cm³/mol. The third-order valence-corrected chi connectivity index (χ3v) is 6.48. The number of carbonyl (C=O) groups is 3. The number of aromatic nitrogens is 1. The first-order chi connectivity index (χ1) is 18.3. The van der Waals surface area contributed by atoms with Crippen LogP contribution in [0.4, 0.5) is 11.4 Å². The molecule has 2 aliphatic heterocycles. The molecule has 1 saturated heterocycles. The number of benzene rings is 2. The predicted octanol–water partition coefficient (Wildman–Crippen LogP) is 4.10. The number of fused-ring (bicyclic) bond motifs is 1. The molecular weight excluding hydrogens is 486 g/mol. The topological polar surface area (TPSA) is 109 Å². The molecule has 1 amide bonds. The molecule has 38 heavy (non-hydrogen) atoms. The van der Waals surface area contributed by atoms with Crippen LogP contribution in [0, 0.1) is 0 Å². The molecular formula is C29H27N3O6. The molecule has 9 nitrogen and oxygen atoms in total. The summed E-state index contributed by atoms with van der Waals surface area (Å²) in [6, 6.07) is 13.9. The van der Waals surface area contributed by atoms with Gasteiger partial charge in [0.1, 0.15) is 18.1 Å².